The van der Waals surface area contributed by atoms with Gasteiger partial charge in [0.2, 0.25) is 0 Å². The summed E-state index contributed by atoms with van der Waals surface area (Å²) in [6, 6.07) is -2.10. The van der Waals surface area contributed by atoms with Gasteiger partial charge in [-0.25, -0.2) is 14.2 Å². The number of carboxylic acid groups (broad SMARTS) is 1. The van der Waals surface area contributed by atoms with E-state index in [2.05, 4.69) is 15.9 Å². The van der Waals surface area contributed by atoms with E-state index in [-0.39, 0.29) is 4.47 Å². The van der Waals surface area contributed by atoms with Crippen molar-refractivity contribution in [2.45, 2.75) is 25.9 Å². The number of rotatable bonds is 4. The topological polar surface area (TPSA) is 98.4 Å². The number of aromatic nitrogens is 2. The maximum Gasteiger partial charge on any atom is 0.332 e. The molecule has 0 amide bonds. The number of aliphatic carboxylic acids is 1. The molecular formula is C10H11BrN2O5. The Morgan fingerprint density at radius 2 is 2.00 bits per heavy atom. The van der Waals surface area contributed by atoms with Crippen LogP contribution in [0, 0.1) is 0 Å². The molecule has 0 radical (unpaired) electrons. The van der Waals surface area contributed by atoms with E-state index in [9.17, 15) is 19.2 Å². The van der Waals surface area contributed by atoms with Crippen molar-refractivity contribution in [3.63, 3.8) is 0 Å². The van der Waals surface area contributed by atoms with E-state index in [0.717, 1.165) is 10.8 Å². The predicted molar refractivity (Wildman–Crippen MR) is 65.8 cm³/mol. The van der Waals surface area contributed by atoms with Crippen LogP contribution < -0.4 is 11.2 Å². The Bertz CT molecular complexity index is 603. The number of hydrogen-bond donors (Lipinski definition) is 1. The van der Waals surface area contributed by atoms with Gasteiger partial charge in [0.15, 0.2) is 0 Å². The van der Waals surface area contributed by atoms with Gasteiger partial charge in [-0.05, 0) is 29.8 Å². The zero-order valence-corrected chi connectivity index (χ0v) is 11.2. The van der Waals surface area contributed by atoms with Crippen LogP contribution in [0.15, 0.2) is 20.3 Å². The Kier molecular flexibility index (Phi) is 4.23. The first kappa shape index (κ1) is 14.4. The van der Waals surface area contributed by atoms with Crippen molar-refractivity contribution in [1.29, 1.82) is 0 Å². The molecule has 0 aliphatic carbocycles. The van der Waals surface area contributed by atoms with E-state index in [1.165, 1.54) is 13.8 Å². The highest BCUT2D eigenvalue weighted by molar-refractivity contribution is 9.10. The zero-order chi connectivity index (χ0) is 14.0. The fraction of sp³-hybridized carbons (Fsp3) is 0.400. The SMILES string of the molecule is CC(C(=O)O)n1cc(Br)c(=O)n([C@@H](C)C=O)c1=O. The number of carboxylic acids is 1. The Balaban J connectivity index is 3.64. The molecule has 7 nitrogen and oxygen atoms in total. The Hall–Kier alpha value is -1.70. The summed E-state index contributed by atoms with van der Waals surface area (Å²) in [5.74, 6) is -1.21. The monoisotopic (exact) mass is 318 g/mol. The van der Waals surface area contributed by atoms with Gasteiger partial charge >= 0.3 is 11.7 Å². The second-order valence-corrected chi connectivity index (χ2v) is 4.59. The van der Waals surface area contributed by atoms with Gasteiger partial charge < -0.3 is 9.90 Å². The molecule has 0 saturated carbocycles. The van der Waals surface area contributed by atoms with Crippen molar-refractivity contribution in [2.24, 2.45) is 0 Å². The first-order valence-electron chi connectivity index (χ1n) is 5.02. The van der Waals surface area contributed by atoms with Gasteiger partial charge in [-0.15, -0.1) is 0 Å². The quantitative estimate of drug-likeness (QED) is 0.798. The van der Waals surface area contributed by atoms with Gasteiger partial charge in [0.05, 0.1) is 10.5 Å². The average Bonchev–Trinajstić information content (AvgIpc) is 2.32. The lowest BCUT2D eigenvalue weighted by Crippen LogP contribution is -2.43. The Morgan fingerprint density at radius 1 is 1.44 bits per heavy atom. The maximum atomic E-state index is 12.0. The van der Waals surface area contributed by atoms with Crippen molar-refractivity contribution >= 4 is 28.2 Å². The smallest absolute Gasteiger partial charge is 0.332 e. The molecule has 1 unspecified atom stereocenters. The molecule has 1 aromatic heterocycles. The second kappa shape index (κ2) is 5.30. The lowest BCUT2D eigenvalue weighted by atomic mass is 10.3. The third-order valence-electron chi connectivity index (χ3n) is 2.48. The molecule has 0 aliphatic heterocycles. The van der Waals surface area contributed by atoms with Crippen LogP contribution in [0.1, 0.15) is 25.9 Å². The van der Waals surface area contributed by atoms with Crippen LogP contribution in [0.4, 0.5) is 0 Å². The molecule has 1 heterocycles. The first-order valence-corrected chi connectivity index (χ1v) is 5.81. The fourth-order valence-corrected chi connectivity index (χ4v) is 1.79. The Labute approximate surface area is 110 Å². The van der Waals surface area contributed by atoms with Crippen LogP contribution in [0.25, 0.3) is 0 Å². The highest BCUT2D eigenvalue weighted by Gasteiger charge is 2.20. The Morgan fingerprint density at radius 3 is 2.44 bits per heavy atom. The van der Waals surface area contributed by atoms with Crippen LogP contribution in [-0.2, 0) is 9.59 Å². The number of aldehydes is 1. The van der Waals surface area contributed by atoms with E-state index in [1.54, 1.807) is 0 Å². The first-order chi connectivity index (χ1) is 8.31. The lowest BCUT2D eigenvalue weighted by Gasteiger charge is -2.15. The summed E-state index contributed by atoms with van der Waals surface area (Å²) < 4.78 is 1.61. The molecule has 0 aliphatic rings. The molecule has 0 bridgehead atoms. The second-order valence-electron chi connectivity index (χ2n) is 3.73. The molecule has 2 atom stereocenters. The molecule has 1 N–H and O–H groups in total. The predicted octanol–water partition coefficient (Wildman–Crippen LogP) is 0.178. The molecule has 0 aromatic carbocycles. The molecule has 8 heteroatoms. The lowest BCUT2D eigenvalue weighted by molar-refractivity contribution is -0.140. The summed E-state index contributed by atoms with van der Waals surface area (Å²) >= 11 is 2.94. The molecular weight excluding hydrogens is 308 g/mol. The van der Waals surface area contributed by atoms with Gasteiger partial charge in [-0.3, -0.25) is 9.36 Å². The number of carbonyl (C=O) groups excluding carboxylic acids is 1. The largest absolute Gasteiger partial charge is 0.480 e. The molecule has 18 heavy (non-hydrogen) atoms. The van der Waals surface area contributed by atoms with E-state index in [4.69, 9.17) is 5.11 Å². The average molecular weight is 319 g/mol. The maximum absolute atomic E-state index is 12.0. The van der Waals surface area contributed by atoms with Crippen molar-refractivity contribution < 1.29 is 14.7 Å². The molecule has 1 rings (SSSR count). The third kappa shape index (κ3) is 2.42. The van der Waals surface area contributed by atoms with E-state index in [0.29, 0.717) is 10.9 Å². The number of carbonyl (C=O) groups is 2. The van der Waals surface area contributed by atoms with E-state index < -0.39 is 29.3 Å². The highest BCUT2D eigenvalue weighted by atomic mass is 79.9. The van der Waals surface area contributed by atoms with Crippen molar-refractivity contribution in [1.82, 2.24) is 9.13 Å². The summed E-state index contributed by atoms with van der Waals surface area (Å²) in [6.07, 6.45) is 1.54. The minimum atomic E-state index is -1.21. The highest BCUT2D eigenvalue weighted by Crippen LogP contribution is 2.07. The molecule has 0 spiro atoms. The third-order valence-corrected chi connectivity index (χ3v) is 3.03. The van der Waals surface area contributed by atoms with Gasteiger partial charge in [-0.2, -0.15) is 0 Å². The molecule has 0 fully saturated rings. The summed E-state index contributed by atoms with van der Waals surface area (Å²) in [6.45, 7) is 2.68. The number of halogens is 1. The number of hydrogen-bond acceptors (Lipinski definition) is 4. The molecule has 0 saturated heterocycles. The summed E-state index contributed by atoms with van der Waals surface area (Å²) in [4.78, 5) is 45.3. The summed E-state index contributed by atoms with van der Waals surface area (Å²) in [5.41, 5.74) is -1.51. The van der Waals surface area contributed by atoms with Gasteiger partial charge in [0.1, 0.15) is 12.3 Å². The van der Waals surface area contributed by atoms with Gasteiger partial charge in [-0.1, -0.05) is 0 Å². The molecule has 98 valence electrons. The fourth-order valence-electron chi connectivity index (χ4n) is 1.38. The van der Waals surface area contributed by atoms with Crippen molar-refractivity contribution in [2.75, 3.05) is 0 Å². The van der Waals surface area contributed by atoms with E-state index in [1.807, 2.05) is 0 Å². The van der Waals surface area contributed by atoms with Crippen LogP contribution in [-0.4, -0.2) is 26.5 Å². The van der Waals surface area contributed by atoms with Crippen LogP contribution in [0.2, 0.25) is 0 Å². The summed E-state index contributed by atoms with van der Waals surface area (Å²) in [5, 5.41) is 8.87. The summed E-state index contributed by atoms with van der Waals surface area (Å²) in [7, 11) is 0. The van der Waals surface area contributed by atoms with Crippen LogP contribution >= 0.6 is 15.9 Å². The van der Waals surface area contributed by atoms with Gasteiger partial charge in [0.25, 0.3) is 5.56 Å². The van der Waals surface area contributed by atoms with Crippen molar-refractivity contribution in [3.8, 4) is 0 Å². The van der Waals surface area contributed by atoms with E-state index >= 15 is 0 Å². The molecule has 1 aromatic rings. The van der Waals surface area contributed by atoms with Crippen LogP contribution in [0.3, 0.4) is 0 Å². The van der Waals surface area contributed by atoms with Crippen LogP contribution in [0.5, 0.6) is 0 Å². The van der Waals surface area contributed by atoms with Crippen molar-refractivity contribution in [3.05, 3.63) is 31.5 Å². The zero-order valence-electron chi connectivity index (χ0n) is 9.66. The van der Waals surface area contributed by atoms with Gasteiger partial charge in [0, 0.05) is 6.20 Å². The minimum Gasteiger partial charge on any atom is -0.480 e. The normalized spacial score (nSPS) is 13.9. The standard InChI is InChI=1S/C10H11BrN2O5/c1-5(4-14)13-8(15)7(11)3-12(10(13)18)6(2)9(16)17/h3-6H,1-2H3,(H,16,17)/t5-,6?/m0/s1. The number of nitrogens with zero attached hydrogens (tertiary/aromatic N) is 2. The minimum absolute atomic E-state index is 0.0175.